The molecule has 2 aromatic rings. The lowest BCUT2D eigenvalue weighted by atomic mass is 10.2. The Balaban J connectivity index is 1.92. The molecule has 1 N–H and O–H groups in total. The minimum atomic E-state index is 0.816. The second-order valence-corrected chi connectivity index (χ2v) is 4.73. The molecule has 0 radical (unpaired) electrons. The fourth-order valence-electron chi connectivity index (χ4n) is 1.64. The highest BCUT2D eigenvalue weighted by Gasteiger charge is 2.08. The molecule has 0 aliphatic heterocycles. The van der Waals surface area contributed by atoms with Crippen LogP contribution in [0.1, 0.15) is 28.1 Å². The Hall–Kier alpha value is -1.13. The molecule has 2 heterocycles. The first-order valence-corrected chi connectivity index (χ1v) is 6.27. The quantitative estimate of drug-likeness (QED) is 0.887. The smallest absolute Gasteiger partial charge is 0.138 e. The molecule has 0 atom stereocenters. The Kier molecular flexibility index (Phi) is 3.41. The summed E-state index contributed by atoms with van der Waals surface area (Å²) >= 11 is 1.75. The van der Waals surface area contributed by atoms with Crippen molar-refractivity contribution in [2.24, 2.45) is 0 Å². The molecule has 0 aromatic carbocycles. The number of rotatable bonds is 4. The van der Waals surface area contributed by atoms with Crippen molar-refractivity contribution >= 4 is 11.3 Å². The molecular weight excluding hydrogens is 220 g/mol. The Morgan fingerprint density at radius 2 is 2.06 bits per heavy atom. The van der Waals surface area contributed by atoms with Crippen LogP contribution in [0.2, 0.25) is 0 Å². The van der Waals surface area contributed by atoms with Gasteiger partial charge in [0.2, 0.25) is 0 Å². The zero-order valence-corrected chi connectivity index (χ0v) is 10.6. The van der Waals surface area contributed by atoms with E-state index in [4.69, 9.17) is 4.52 Å². The summed E-state index contributed by atoms with van der Waals surface area (Å²) in [5.74, 6) is 0.909. The monoisotopic (exact) mass is 236 g/mol. The average Bonchev–Trinajstić information content (AvgIpc) is 2.79. The van der Waals surface area contributed by atoms with E-state index in [1.807, 2.05) is 13.8 Å². The van der Waals surface area contributed by atoms with Gasteiger partial charge in [-0.1, -0.05) is 5.16 Å². The van der Waals surface area contributed by atoms with E-state index in [1.54, 1.807) is 11.3 Å². The van der Waals surface area contributed by atoms with Crippen LogP contribution in [0.3, 0.4) is 0 Å². The van der Waals surface area contributed by atoms with Gasteiger partial charge in [-0.15, -0.1) is 0 Å². The van der Waals surface area contributed by atoms with E-state index in [0.717, 1.165) is 24.5 Å². The Bertz CT molecular complexity index is 454. The highest BCUT2D eigenvalue weighted by molar-refractivity contribution is 7.08. The van der Waals surface area contributed by atoms with Crippen molar-refractivity contribution in [3.05, 3.63) is 38.9 Å². The molecule has 86 valence electrons. The summed E-state index contributed by atoms with van der Waals surface area (Å²) in [6.45, 7) is 7.79. The predicted octanol–water partition coefficient (Wildman–Crippen LogP) is 2.95. The van der Waals surface area contributed by atoms with Crippen molar-refractivity contribution in [2.45, 2.75) is 33.9 Å². The van der Waals surface area contributed by atoms with Gasteiger partial charge in [0.15, 0.2) is 0 Å². The van der Waals surface area contributed by atoms with Crippen LogP contribution in [-0.4, -0.2) is 5.16 Å². The fraction of sp³-hybridized carbons (Fsp3) is 0.417. The number of aromatic nitrogens is 1. The van der Waals surface area contributed by atoms with Crippen molar-refractivity contribution in [1.82, 2.24) is 10.5 Å². The standard InChI is InChI=1S/C12H16N2OS/c1-8-6-16-7-11(8)4-13-5-12-9(2)14-15-10(12)3/h6-7,13H,4-5H2,1-3H3. The number of thiophene rings is 1. The van der Waals surface area contributed by atoms with Gasteiger partial charge in [-0.25, -0.2) is 0 Å². The third-order valence-electron chi connectivity index (χ3n) is 2.76. The number of hydrogen-bond donors (Lipinski definition) is 1. The van der Waals surface area contributed by atoms with Crippen LogP contribution in [0.25, 0.3) is 0 Å². The highest BCUT2D eigenvalue weighted by atomic mass is 32.1. The van der Waals surface area contributed by atoms with Crippen molar-refractivity contribution in [3.63, 3.8) is 0 Å². The first-order valence-electron chi connectivity index (χ1n) is 5.32. The van der Waals surface area contributed by atoms with Gasteiger partial charge in [0, 0.05) is 18.7 Å². The van der Waals surface area contributed by atoms with Gasteiger partial charge in [-0.3, -0.25) is 0 Å². The molecule has 0 aliphatic carbocycles. The summed E-state index contributed by atoms with van der Waals surface area (Å²) < 4.78 is 5.12. The van der Waals surface area contributed by atoms with Crippen LogP contribution in [0, 0.1) is 20.8 Å². The van der Waals surface area contributed by atoms with Crippen LogP contribution >= 0.6 is 11.3 Å². The van der Waals surface area contributed by atoms with E-state index >= 15 is 0 Å². The lowest BCUT2D eigenvalue weighted by Crippen LogP contribution is -2.13. The largest absolute Gasteiger partial charge is 0.361 e. The van der Waals surface area contributed by atoms with Crippen molar-refractivity contribution < 1.29 is 4.52 Å². The molecule has 0 fully saturated rings. The number of nitrogens with one attached hydrogen (secondary N) is 1. The SMILES string of the molecule is Cc1cscc1CNCc1c(C)noc1C. The second kappa shape index (κ2) is 4.80. The normalized spacial score (nSPS) is 10.9. The molecule has 2 rings (SSSR count). The van der Waals surface area contributed by atoms with Crippen LogP contribution in [-0.2, 0) is 13.1 Å². The Morgan fingerprint density at radius 3 is 2.62 bits per heavy atom. The topological polar surface area (TPSA) is 38.1 Å². The van der Waals surface area contributed by atoms with Crippen LogP contribution in [0.4, 0.5) is 0 Å². The molecule has 4 heteroatoms. The van der Waals surface area contributed by atoms with E-state index in [0.29, 0.717) is 0 Å². The van der Waals surface area contributed by atoms with E-state index in [2.05, 4.69) is 28.2 Å². The number of hydrogen-bond acceptors (Lipinski definition) is 4. The van der Waals surface area contributed by atoms with Crippen LogP contribution in [0.5, 0.6) is 0 Å². The lowest BCUT2D eigenvalue weighted by Gasteiger charge is -2.03. The summed E-state index contributed by atoms with van der Waals surface area (Å²) in [7, 11) is 0. The van der Waals surface area contributed by atoms with Gasteiger partial charge in [-0.05, 0) is 42.7 Å². The second-order valence-electron chi connectivity index (χ2n) is 3.99. The maximum atomic E-state index is 5.12. The molecular formula is C12H16N2OS. The number of nitrogens with zero attached hydrogens (tertiary/aromatic N) is 1. The van der Waals surface area contributed by atoms with E-state index in [1.165, 1.54) is 16.7 Å². The van der Waals surface area contributed by atoms with Crippen molar-refractivity contribution in [2.75, 3.05) is 0 Å². The minimum Gasteiger partial charge on any atom is -0.361 e. The maximum absolute atomic E-state index is 5.12. The molecule has 2 aromatic heterocycles. The predicted molar refractivity (Wildman–Crippen MR) is 65.6 cm³/mol. The summed E-state index contributed by atoms with van der Waals surface area (Å²) in [5, 5.41) is 11.7. The first kappa shape index (κ1) is 11.4. The molecule has 0 unspecified atom stereocenters. The van der Waals surface area contributed by atoms with Crippen LogP contribution < -0.4 is 5.32 Å². The third kappa shape index (κ3) is 2.33. The van der Waals surface area contributed by atoms with E-state index in [9.17, 15) is 0 Å². The molecule has 0 saturated heterocycles. The highest BCUT2D eigenvalue weighted by Crippen LogP contribution is 2.15. The third-order valence-corrected chi connectivity index (χ3v) is 3.67. The summed E-state index contributed by atoms with van der Waals surface area (Å²) in [6, 6.07) is 0. The summed E-state index contributed by atoms with van der Waals surface area (Å²) in [4.78, 5) is 0. The molecule has 3 nitrogen and oxygen atoms in total. The summed E-state index contributed by atoms with van der Waals surface area (Å²) in [6.07, 6.45) is 0. The van der Waals surface area contributed by atoms with Gasteiger partial charge >= 0.3 is 0 Å². The van der Waals surface area contributed by atoms with Crippen LogP contribution in [0.15, 0.2) is 15.3 Å². The Morgan fingerprint density at radius 1 is 1.25 bits per heavy atom. The molecule has 0 bridgehead atoms. The molecule has 0 saturated carbocycles. The van der Waals surface area contributed by atoms with Gasteiger partial charge < -0.3 is 9.84 Å². The molecule has 0 spiro atoms. The zero-order valence-electron chi connectivity index (χ0n) is 9.83. The maximum Gasteiger partial charge on any atom is 0.138 e. The van der Waals surface area contributed by atoms with Gasteiger partial charge in [0.25, 0.3) is 0 Å². The molecule has 16 heavy (non-hydrogen) atoms. The fourth-order valence-corrected chi connectivity index (χ4v) is 2.50. The zero-order chi connectivity index (χ0) is 11.5. The number of aryl methyl sites for hydroxylation is 3. The minimum absolute atomic E-state index is 0.816. The van der Waals surface area contributed by atoms with Gasteiger partial charge in [-0.2, -0.15) is 11.3 Å². The van der Waals surface area contributed by atoms with Crippen molar-refractivity contribution in [3.8, 4) is 0 Å². The molecule has 0 aliphatic rings. The van der Waals surface area contributed by atoms with Gasteiger partial charge in [0.05, 0.1) is 5.69 Å². The van der Waals surface area contributed by atoms with E-state index < -0.39 is 0 Å². The van der Waals surface area contributed by atoms with Gasteiger partial charge in [0.1, 0.15) is 5.76 Å². The Labute approximate surface area is 99.5 Å². The van der Waals surface area contributed by atoms with E-state index in [-0.39, 0.29) is 0 Å². The summed E-state index contributed by atoms with van der Waals surface area (Å²) in [5.41, 5.74) is 4.88. The van der Waals surface area contributed by atoms with Crippen molar-refractivity contribution in [1.29, 1.82) is 0 Å². The first-order chi connectivity index (χ1) is 7.68. The average molecular weight is 236 g/mol. The molecule has 0 amide bonds. The lowest BCUT2D eigenvalue weighted by molar-refractivity contribution is 0.392.